The number of ether oxygens (including phenoxy) is 1. The molecule has 1 aromatic rings. The summed E-state index contributed by atoms with van der Waals surface area (Å²) >= 11 is 0. The van der Waals surface area contributed by atoms with Crippen molar-refractivity contribution in [2.75, 3.05) is 0 Å². The summed E-state index contributed by atoms with van der Waals surface area (Å²) in [6.07, 6.45) is 4.96. The SMILES string of the molecule is CC1CCC(Cn2cc(CNC(C)(C)C)nn2)O1. The van der Waals surface area contributed by atoms with Crippen molar-refractivity contribution in [3.8, 4) is 0 Å². The first-order chi connectivity index (χ1) is 8.42. The Labute approximate surface area is 109 Å². The van der Waals surface area contributed by atoms with E-state index in [1.807, 2.05) is 10.9 Å². The van der Waals surface area contributed by atoms with Gasteiger partial charge in [0.1, 0.15) is 0 Å². The van der Waals surface area contributed by atoms with Crippen LogP contribution in [0.25, 0.3) is 0 Å². The molecule has 1 aliphatic rings. The highest BCUT2D eigenvalue weighted by Gasteiger charge is 2.22. The first-order valence-electron chi connectivity index (χ1n) is 6.72. The van der Waals surface area contributed by atoms with Gasteiger partial charge in [0.25, 0.3) is 0 Å². The van der Waals surface area contributed by atoms with E-state index in [4.69, 9.17) is 4.74 Å². The molecule has 0 saturated carbocycles. The molecule has 1 saturated heterocycles. The van der Waals surface area contributed by atoms with Crippen molar-refractivity contribution in [3.63, 3.8) is 0 Å². The molecule has 0 aliphatic carbocycles. The molecular formula is C13H24N4O. The summed E-state index contributed by atoms with van der Waals surface area (Å²) in [5.41, 5.74) is 1.09. The van der Waals surface area contributed by atoms with Crippen LogP contribution >= 0.6 is 0 Å². The molecule has 1 N–H and O–H groups in total. The van der Waals surface area contributed by atoms with Gasteiger partial charge in [-0.3, -0.25) is 0 Å². The summed E-state index contributed by atoms with van der Waals surface area (Å²) in [6, 6.07) is 0. The third-order valence-electron chi connectivity index (χ3n) is 3.10. The van der Waals surface area contributed by atoms with Gasteiger partial charge >= 0.3 is 0 Å². The van der Waals surface area contributed by atoms with E-state index in [1.165, 1.54) is 0 Å². The molecule has 0 amide bonds. The maximum Gasteiger partial charge on any atom is 0.0965 e. The molecule has 1 aromatic heterocycles. The lowest BCUT2D eigenvalue weighted by atomic mass is 10.1. The fourth-order valence-corrected chi connectivity index (χ4v) is 2.09. The molecule has 1 aliphatic heterocycles. The predicted molar refractivity (Wildman–Crippen MR) is 70.2 cm³/mol. The van der Waals surface area contributed by atoms with Gasteiger partial charge in [-0.25, -0.2) is 4.68 Å². The average molecular weight is 252 g/mol. The molecule has 2 heterocycles. The smallest absolute Gasteiger partial charge is 0.0965 e. The average Bonchev–Trinajstić information content (AvgIpc) is 2.85. The lowest BCUT2D eigenvalue weighted by molar-refractivity contribution is 0.0434. The predicted octanol–water partition coefficient (Wildman–Crippen LogP) is 1.73. The second-order valence-corrected chi connectivity index (χ2v) is 6.18. The summed E-state index contributed by atoms with van der Waals surface area (Å²) in [4.78, 5) is 0. The molecule has 0 radical (unpaired) electrons. The van der Waals surface area contributed by atoms with Crippen LogP contribution in [-0.2, 0) is 17.8 Å². The number of nitrogens with zero attached hydrogens (tertiary/aromatic N) is 3. The van der Waals surface area contributed by atoms with Gasteiger partial charge in [0.2, 0.25) is 0 Å². The lowest BCUT2D eigenvalue weighted by Crippen LogP contribution is -2.35. The van der Waals surface area contributed by atoms with Gasteiger partial charge in [-0.1, -0.05) is 5.21 Å². The van der Waals surface area contributed by atoms with E-state index in [1.54, 1.807) is 0 Å². The van der Waals surface area contributed by atoms with Crippen LogP contribution in [0, 0.1) is 0 Å². The van der Waals surface area contributed by atoms with Crippen molar-refractivity contribution in [1.82, 2.24) is 20.3 Å². The highest BCUT2D eigenvalue weighted by molar-refractivity contribution is 4.93. The molecule has 2 atom stereocenters. The Hall–Kier alpha value is -0.940. The van der Waals surface area contributed by atoms with Gasteiger partial charge in [-0.2, -0.15) is 0 Å². The van der Waals surface area contributed by atoms with Crippen molar-refractivity contribution in [2.45, 2.75) is 71.4 Å². The van der Waals surface area contributed by atoms with Gasteiger partial charge in [0, 0.05) is 18.3 Å². The zero-order valence-corrected chi connectivity index (χ0v) is 11.8. The monoisotopic (exact) mass is 252 g/mol. The highest BCUT2D eigenvalue weighted by atomic mass is 16.5. The van der Waals surface area contributed by atoms with Gasteiger partial charge in [-0.05, 0) is 40.5 Å². The number of rotatable bonds is 4. The van der Waals surface area contributed by atoms with Crippen LogP contribution in [0.15, 0.2) is 6.20 Å². The van der Waals surface area contributed by atoms with Crippen LogP contribution in [-0.4, -0.2) is 32.7 Å². The van der Waals surface area contributed by atoms with Gasteiger partial charge in [-0.15, -0.1) is 5.10 Å². The largest absolute Gasteiger partial charge is 0.373 e. The molecule has 0 spiro atoms. The van der Waals surface area contributed by atoms with Crippen LogP contribution in [0.3, 0.4) is 0 Å². The van der Waals surface area contributed by atoms with Gasteiger partial charge in [0.15, 0.2) is 0 Å². The van der Waals surface area contributed by atoms with E-state index in [0.29, 0.717) is 12.2 Å². The Kier molecular flexibility index (Phi) is 4.02. The Morgan fingerprint density at radius 3 is 2.83 bits per heavy atom. The van der Waals surface area contributed by atoms with Crippen LogP contribution in [0.2, 0.25) is 0 Å². The first kappa shape index (κ1) is 13.5. The summed E-state index contributed by atoms with van der Waals surface area (Å²) in [5, 5.41) is 11.7. The number of aromatic nitrogens is 3. The fraction of sp³-hybridized carbons (Fsp3) is 0.846. The summed E-state index contributed by atoms with van der Waals surface area (Å²) < 4.78 is 7.68. The third kappa shape index (κ3) is 4.07. The second kappa shape index (κ2) is 5.36. The maximum absolute atomic E-state index is 5.78. The van der Waals surface area contributed by atoms with E-state index >= 15 is 0 Å². The minimum Gasteiger partial charge on any atom is -0.373 e. The zero-order valence-electron chi connectivity index (χ0n) is 11.8. The number of nitrogens with one attached hydrogen (secondary N) is 1. The minimum absolute atomic E-state index is 0.105. The van der Waals surface area contributed by atoms with Gasteiger partial charge < -0.3 is 10.1 Å². The van der Waals surface area contributed by atoms with Crippen molar-refractivity contribution in [3.05, 3.63) is 11.9 Å². The molecule has 0 bridgehead atoms. The van der Waals surface area contributed by atoms with Crippen molar-refractivity contribution >= 4 is 0 Å². The second-order valence-electron chi connectivity index (χ2n) is 6.18. The van der Waals surface area contributed by atoms with Crippen molar-refractivity contribution < 1.29 is 4.74 Å². The van der Waals surface area contributed by atoms with Crippen LogP contribution in [0.5, 0.6) is 0 Å². The summed E-state index contributed by atoms with van der Waals surface area (Å²) in [6.45, 7) is 10.1. The summed E-state index contributed by atoms with van der Waals surface area (Å²) in [5.74, 6) is 0. The number of hydrogen-bond acceptors (Lipinski definition) is 4. The van der Waals surface area contributed by atoms with E-state index in [-0.39, 0.29) is 5.54 Å². The quantitative estimate of drug-likeness (QED) is 0.886. The molecular weight excluding hydrogens is 228 g/mol. The van der Waals surface area contributed by atoms with Crippen molar-refractivity contribution in [1.29, 1.82) is 0 Å². The minimum atomic E-state index is 0.105. The van der Waals surface area contributed by atoms with E-state index in [0.717, 1.165) is 31.6 Å². The van der Waals surface area contributed by atoms with Crippen LogP contribution in [0.4, 0.5) is 0 Å². The lowest BCUT2D eigenvalue weighted by Gasteiger charge is -2.19. The van der Waals surface area contributed by atoms with E-state index < -0.39 is 0 Å². The highest BCUT2D eigenvalue weighted by Crippen LogP contribution is 2.20. The van der Waals surface area contributed by atoms with Crippen LogP contribution in [0.1, 0.15) is 46.2 Å². The van der Waals surface area contributed by atoms with Gasteiger partial charge in [0.05, 0.1) is 24.4 Å². The third-order valence-corrected chi connectivity index (χ3v) is 3.10. The Balaban J connectivity index is 1.82. The normalized spacial score (nSPS) is 24.7. The zero-order chi connectivity index (χ0) is 13.2. The first-order valence-corrected chi connectivity index (χ1v) is 6.72. The molecule has 102 valence electrons. The van der Waals surface area contributed by atoms with Crippen LogP contribution < -0.4 is 5.32 Å². The molecule has 0 aromatic carbocycles. The maximum atomic E-state index is 5.78. The standard InChI is InChI=1S/C13H24N4O/c1-10-5-6-12(18-10)9-17-8-11(15-16-17)7-14-13(2,3)4/h8,10,12,14H,5-7,9H2,1-4H3. The molecule has 5 nitrogen and oxygen atoms in total. The topological polar surface area (TPSA) is 52.0 Å². The Morgan fingerprint density at radius 2 is 2.22 bits per heavy atom. The summed E-state index contributed by atoms with van der Waals surface area (Å²) in [7, 11) is 0. The van der Waals surface area contributed by atoms with E-state index in [9.17, 15) is 0 Å². The Morgan fingerprint density at radius 1 is 1.44 bits per heavy atom. The van der Waals surface area contributed by atoms with E-state index in [2.05, 4.69) is 43.3 Å². The fourth-order valence-electron chi connectivity index (χ4n) is 2.09. The molecule has 5 heteroatoms. The molecule has 2 rings (SSSR count). The molecule has 18 heavy (non-hydrogen) atoms. The molecule has 1 fully saturated rings. The molecule has 2 unspecified atom stereocenters. The number of hydrogen-bond donors (Lipinski definition) is 1. The Bertz CT molecular complexity index is 383. The van der Waals surface area contributed by atoms with Crippen molar-refractivity contribution in [2.24, 2.45) is 0 Å².